The normalized spacial score (nSPS) is 13.8. The van der Waals surface area contributed by atoms with E-state index in [-0.39, 0.29) is 12.0 Å². The van der Waals surface area contributed by atoms with Gasteiger partial charge in [0.1, 0.15) is 5.60 Å². The molecule has 0 bridgehead atoms. The number of ether oxygens (including phenoxy) is 1. The van der Waals surface area contributed by atoms with Gasteiger partial charge in [-0.2, -0.15) is 5.10 Å². The lowest BCUT2D eigenvalue weighted by Crippen LogP contribution is -2.38. The molecule has 0 radical (unpaired) electrons. The van der Waals surface area contributed by atoms with Crippen LogP contribution in [0.2, 0.25) is 0 Å². The van der Waals surface area contributed by atoms with Crippen molar-refractivity contribution in [3.05, 3.63) is 77.1 Å². The minimum absolute atomic E-state index is 0.196. The lowest BCUT2D eigenvalue weighted by Gasteiger charge is -2.26. The van der Waals surface area contributed by atoms with Crippen molar-refractivity contribution in [1.82, 2.24) is 14.7 Å². The van der Waals surface area contributed by atoms with Gasteiger partial charge in [0.15, 0.2) is 0 Å². The first-order valence-electron chi connectivity index (χ1n) is 11.2. The van der Waals surface area contributed by atoms with E-state index in [4.69, 9.17) is 4.74 Å². The van der Waals surface area contributed by atoms with Gasteiger partial charge in [-0.3, -0.25) is 4.79 Å². The number of nitrogens with zero attached hydrogens (tertiary/aromatic N) is 3. The van der Waals surface area contributed by atoms with Crippen LogP contribution in [0.4, 0.5) is 10.5 Å². The second-order valence-electron chi connectivity index (χ2n) is 9.30. The van der Waals surface area contributed by atoms with Crippen LogP contribution in [-0.4, -0.2) is 45.4 Å². The number of fused-ring (bicyclic) bond motifs is 1. The molecule has 0 atom stereocenters. The van der Waals surface area contributed by atoms with Crippen molar-refractivity contribution in [2.45, 2.75) is 46.1 Å². The zero-order valence-electron chi connectivity index (χ0n) is 19.6. The molecule has 0 saturated heterocycles. The van der Waals surface area contributed by atoms with Gasteiger partial charge in [-0.05, 0) is 75.9 Å². The Labute approximate surface area is 194 Å². The first-order chi connectivity index (χ1) is 15.7. The largest absolute Gasteiger partial charge is 0.444 e. The van der Waals surface area contributed by atoms with Crippen LogP contribution >= 0.6 is 0 Å². The number of aromatic nitrogens is 2. The van der Waals surface area contributed by atoms with Gasteiger partial charge in [0.25, 0.3) is 5.91 Å². The van der Waals surface area contributed by atoms with Gasteiger partial charge in [0.2, 0.25) is 0 Å². The highest BCUT2D eigenvalue weighted by Crippen LogP contribution is 2.23. The molecule has 33 heavy (non-hydrogen) atoms. The summed E-state index contributed by atoms with van der Waals surface area (Å²) in [5.74, 6) is -0.196. The van der Waals surface area contributed by atoms with E-state index < -0.39 is 5.60 Å². The molecule has 4 rings (SSSR count). The van der Waals surface area contributed by atoms with Crippen molar-refractivity contribution in [1.29, 1.82) is 0 Å². The Bertz CT molecular complexity index is 1160. The second kappa shape index (κ2) is 9.10. The van der Waals surface area contributed by atoms with Gasteiger partial charge in [0, 0.05) is 18.8 Å². The average molecular weight is 447 g/mol. The molecule has 3 aromatic rings. The Morgan fingerprint density at radius 2 is 1.70 bits per heavy atom. The summed E-state index contributed by atoms with van der Waals surface area (Å²) >= 11 is 0. The molecule has 1 N–H and O–H groups in total. The monoisotopic (exact) mass is 446 g/mol. The van der Waals surface area contributed by atoms with Crippen molar-refractivity contribution < 1.29 is 14.3 Å². The predicted octanol–water partition coefficient (Wildman–Crippen LogP) is 4.77. The summed E-state index contributed by atoms with van der Waals surface area (Å²) in [6.45, 7) is 8.71. The molecular weight excluding hydrogens is 416 g/mol. The zero-order valence-corrected chi connectivity index (χ0v) is 19.6. The molecule has 0 spiro atoms. The van der Waals surface area contributed by atoms with E-state index in [2.05, 4.69) is 10.4 Å². The van der Waals surface area contributed by atoms with Crippen molar-refractivity contribution in [3.8, 4) is 5.69 Å². The smallest absolute Gasteiger partial charge is 0.410 e. The fraction of sp³-hybridized carbons (Fsp3) is 0.346. The van der Waals surface area contributed by atoms with E-state index in [1.54, 1.807) is 15.8 Å². The minimum atomic E-state index is -0.514. The third kappa shape index (κ3) is 5.25. The van der Waals surface area contributed by atoms with Crippen molar-refractivity contribution in [2.75, 3.05) is 18.4 Å². The van der Waals surface area contributed by atoms with Crippen LogP contribution in [0.1, 0.15) is 48.0 Å². The van der Waals surface area contributed by atoms with Gasteiger partial charge < -0.3 is 15.0 Å². The fourth-order valence-corrected chi connectivity index (χ4v) is 3.97. The average Bonchev–Trinajstić information content (AvgIpc) is 3.02. The number of carbonyl (C=O) groups excluding carboxylic acids is 2. The summed E-state index contributed by atoms with van der Waals surface area (Å²) in [6, 6.07) is 15.7. The molecule has 2 heterocycles. The van der Waals surface area contributed by atoms with Crippen molar-refractivity contribution in [2.24, 2.45) is 0 Å². The molecule has 2 aromatic carbocycles. The molecule has 1 aromatic heterocycles. The number of nitrogens with one attached hydrogen (secondary N) is 1. The van der Waals surface area contributed by atoms with E-state index >= 15 is 0 Å². The van der Waals surface area contributed by atoms with E-state index in [9.17, 15) is 9.59 Å². The number of amides is 2. The highest BCUT2D eigenvalue weighted by atomic mass is 16.6. The number of carbonyl (C=O) groups is 2. The Hall–Kier alpha value is -3.61. The van der Waals surface area contributed by atoms with Gasteiger partial charge in [-0.25, -0.2) is 9.48 Å². The molecule has 0 saturated carbocycles. The molecule has 0 unspecified atom stereocenters. The molecule has 7 heteroatoms. The highest BCUT2D eigenvalue weighted by Gasteiger charge is 2.24. The number of para-hydroxylation sites is 1. The van der Waals surface area contributed by atoms with E-state index in [1.807, 2.05) is 76.2 Å². The van der Waals surface area contributed by atoms with E-state index in [1.165, 1.54) is 5.56 Å². The Morgan fingerprint density at radius 3 is 2.39 bits per heavy atom. The van der Waals surface area contributed by atoms with Crippen LogP contribution in [0.25, 0.3) is 5.69 Å². The molecule has 1 aliphatic heterocycles. The summed E-state index contributed by atoms with van der Waals surface area (Å²) < 4.78 is 7.29. The topological polar surface area (TPSA) is 76.5 Å². The fourth-order valence-electron chi connectivity index (χ4n) is 3.97. The molecule has 172 valence electrons. The highest BCUT2D eigenvalue weighted by molar-refractivity contribution is 6.05. The van der Waals surface area contributed by atoms with Crippen LogP contribution in [-0.2, 0) is 17.6 Å². The Balaban J connectivity index is 1.45. The lowest BCUT2D eigenvalue weighted by molar-refractivity contribution is 0.0258. The maximum absolute atomic E-state index is 13.0. The van der Waals surface area contributed by atoms with Crippen LogP contribution in [0, 0.1) is 6.92 Å². The van der Waals surface area contributed by atoms with Crippen LogP contribution in [0.3, 0.4) is 0 Å². The number of hydrogen-bond donors (Lipinski definition) is 1. The Kier molecular flexibility index (Phi) is 6.22. The first-order valence-corrected chi connectivity index (χ1v) is 11.2. The Morgan fingerprint density at radius 1 is 1.00 bits per heavy atom. The number of anilines is 1. The number of hydrogen-bond acceptors (Lipinski definition) is 4. The molecule has 2 amide bonds. The molecule has 7 nitrogen and oxygen atoms in total. The zero-order chi connectivity index (χ0) is 23.6. The lowest BCUT2D eigenvalue weighted by atomic mass is 10.0. The maximum atomic E-state index is 13.0. The summed E-state index contributed by atoms with van der Waals surface area (Å²) in [4.78, 5) is 27.2. The molecular formula is C26H30N4O3. The summed E-state index contributed by atoms with van der Waals surface area (Å²) in [5, 5.41) is 7.39. The van der Waals surface area contributed by atoms with Crippen LogP contribution < -0.4 is 5.32 Å². The molecule has 1 aliphatic rings. The maximum Gasteiger partial charge on any atom is 0.410 e. The summed E-state index contributed by atoms with van der Waals surface area (Å²) in [6.07, 6.45) is 2.78. The van der Waals surface area contributed by atoms with Crippen molar-refractivity contribution in [3.63, 3.8) is 0 Å². The number of rotatable bonds is 3. The van der Waals surface area contributed by atoms with Crippen molar-refractivity contribution >= 4 is 17.7 Å². The third-order valence-corrected chi connectivity index (χ3v) is 5.67. The van der Waals surface area contributed by atoms with Crippen LogP contribution in [0.15, 0.2) is 54.7 Å². The minimum Gasteiger partial charge on any atom is -0.444 e. The standard InChI is InChI=1S/C26H30N4O3/c1-18-23(17-27-30(18)22-8-6-5-7-9-22)24(31)28-21-11-10-19-12-14-29(15-13-20(19)16-21)25(32)33-26(2,3)4/h5-11,16-17H,12-15H2,1-4H3,(H,28,31). The molecule has 0 aliphatic carbocycles. The molecule has 0 fully saturated rings. The first kappa shape index (κ1) is 22.6. The number of benzene rings is 2. The van der Waals surface area contributed by atoms with Gasteiger partial charge in [-0.15, -0.1) is 0 Å². The quantitative estimate of drug-likeness (QED) is 0.629. The van der Waals surface area contributed by atoms with Gasteiger partial charge >= 0.3 is 6.09 Å². The van der Waals surface area contributed by atoms with E-state index in [0.29, 0.717) is 25.1 Å². The van der Waals surface area contributed by atoms with Crippen LogP contribution in [0.5, 0.6) is 0 Å². The van der Waals surface area contributed by atoms with Gasteiger partial charge in [0.05, 0.1) is 23.1 Å². The van der Waals surface area contributed by atoms with E-state index in [0.717, 1.165) is 29.1 Å². The predicted molar refractivity (Wildman–Crippen MR) is 128 cm³/mol. The second-order valence-corrected chi connectivity index (χ2v) is 9.30. The SMILES string of the molecule is Cc1c(C(=O)Nc2ccc3c(c2)CCN(C(=O)OC(C)(C)C)CC3)cnn1-c1ccccc1. The van der Waals surface area contributed by atoms with Gasteiger partial charge in [-0.1, -0.05) is 24.3 Å². The summed E-state index contributed by atoms with van der Waals surface area (Å²) in [5.41, 5.74) is 4.76. The third-order valence-electron chi connectivity index (χ3n) is 5.67. The summed E-state index contributed by atoms with van der Waals surface area (Å²) in [7, 11) is 0.